The molecule has 0 radical (unpaired) electrons. The molecule has 4 aromatic rings. The lowest BCUT2D eigenvalue weighted by Gasteiger charge is -2.09. The molecule has 2 aromatic heterocycles. The van der Waals surface area contributed by atoms with Crippen LogP contribution in [0.2, 0.25) is 5.02 Å². The van der Waals surface area contributed by atoms with Crippen LogP contribution in [0.3, 0.4) is 0 Å². The maximum Gasteiger partial charge on any atom is 0.374 e. The number of nitrogens with one attached hydrogen (secondary N) is 1. The molecule has 32 heavy (non-hydrogen) atoms. The molecule has 2 heterocycles. The fourth-order valence-electron chi connectivity index (χ4n) is 2.94. The van der Waals surface area contributed by atoms with Gasteiger partial charge in [-0.1, -0.05) is 41.9 Å². The Labute approximate surface area is 187 Å². The topological polar surface area (TPSA) is 110 Å². The zero-order chi connectivity index (χ0) is 22.5. The molecule has 0 saturated heterocycles. The van der Waals surface area contributed by atoms with Crippen LogP contribution in [-0.4, -0.2) is 28.3 Å². The molecule has 4 rings (SSSR count). The molecule has 8 nitrogen and oxygen atoms in total. The number of ether oxygens (including phenoxy) is 1. The zero-order valence-corrected chi connectivity index (χ0v) is 17.2. The Hall–Kier alpha value is -4.35. The first-order chi connectivity index (χ1) is 15.6. The molecule has 0 bridgehead atoms. The highest BCUT2D eigenvalue weighted by Crippen LogP contribution is 2.29. The summed E-state index contributed by atoms with van der Waals surface area (Å²) in [7, 11) is 0. The van der Waals surface area contributed by atoms with Crippen LogP contribution >= 0.6 is 11.6 Å². The predicted molar refractivity (Wildman–Crippen MR) is 116 cm³/mol. The van der Waals surface area contributed by atoms with Crippen LogP contribution in [0.4, 0.5) is 5.82 Å². The number of benzene rings is 2. The number of furan rings is 1. The molecular formula is C23H15ClN4O4. The first kappa shape index (κ1) is 20.9. The number of halogens is 1. The van der Waals surface area contributed by atoms with Crippen molar-refractivity contribution >= 4 is 29.3 Å². The SMILES string of the molecule is N#Cc1cnn(-c2ccccc2)c1NC(=O)COC(=O)c1ccc(-c2ccccc2Cl)o1. The largest absolute Gasteiger partial charge is 0.450 e. The lowest BCUT2D eigenvalue weighted by Crippen LogP contribution is -2.22. The molecule has 158 valence electrons. The fraction of sp³-hybridized carbons (Fsp3) is 0.0435. The number of amides is 1. The van der Waals surface area contributed by atoms with Gasteiger partial charge in [-0.3, -0.25) is 4.79 Å². The van der Waals surface area contributed by atoms with Crippen LogP contribution in [0.1, 0.15) is 16.1 Å². The third-order valence-corrected chi connectivity index (χ3v) is 4.76. The van der Waals surface area contributed by atoms with Crippen LogP contribution in [0.25, 0.3) is 17.0 Å². The second kappa shape index (κ2) is 9.20. The average molecular weight is 447 g/mol. The minimum atomic E-state index is -0.810. The maximum atomic E-state index is 12.4. The van der Waals surface area contributed by atoms with E-state index in [1.54, 1.807) is 54.6 Å². The third-order valence-electron chi connectivity index (χ3n) is 4.43. The number of hydrogen-bond acceptors (Lipinski definition) is 6. The maximum absolute atomic E-state index is 12.4. The van der Waals surface area contributed by atoms with Gasteiger partial charge < -0.3 is 14.5 Å². The van der Waals surface area contributed by atoms with Crippen molar-refractivity contribution in [3.05, 3.63) is 89.3 Å². The molecule has 0 aliphatic carbocycles. The Balaban J connectivity index is 1.42. The summed E-state index contributed by atoms with van der Waals surface area (Å²) in [5.41, 5.74) is 1.46. The quantitative estimate of drug-likeness (QED) is 0.438. The fourth-order valence-corrected chi connectivity index (χ4v) is 3.17. The molecule has 1 N–H and O–H groups in total. The van der Waals surface area contributed by atoms with E-state index >= 15 is 0 Å². The highest BCUT2D eigenvalue weighted by atomic mass is 35.5. The van der Waals surface area contributed by atoms with Gasteiger partial charge in [0.1, 0.15) is 17.4 Å². The Morgan fingerprint density at radius 2 is 1.84 bits per heavy atom. The van der Waals surface area contributed by atoms with E-state index in [1.807, 2.05) is 12.1 Å². The summed E-state index contributed by atoms with van der Waals surface area (Å²) in [6.45, 7) is -0.578. The summed E-state index contributed by atoms with van der Waals surface area (Å²) in [4.78, 5) is 24.7. The molecule has 0 spiro atoms. The highest BCUT2D eigenvalue weighted by Gasteiger charge is 2.19. The predicted octanol–water partition coefficient (Wildman–Crippen LogP) is 4.45. The number of aromatic nitrogens is 2. The number of anilines is 1. The molecule has 0 fully saturated rings. The Morgan fingerprint density at radius 3 is 2.59 bits per heavy atom. The van der Waals surface area contributed by atoms with E-state index in [0.717, 1.165) is 0 Å². The Morgan fingerprint density at radius 1 is 1.09 bits per heavy atom. The lowest BCUT2D eigenvalue weighted by atomic mass is 10.2. The van der Waals surface area contributed by atoms with Gasteiger partial charge in [0.25, 0.3) is 5.91 Å². The van der Waals surface area contributed by atoms with Crippen LogP contribution in [0.15, 0.2) is 77.3 Å². The Bertz CT molecular complexity index is 1320. The van der Waals surface area contributed by atoms with E-state index in [4.69, 9.17) is 20.8 Å². The van der Waals surface area contributed by atoms with Gasteiger partial charge in [0, 0.05) is 5.56 Å². The molecule has 0 saturated carbocycles. The smallest absolute Gasteiger partial charge is 0.374 e. The number of esters is 1. The first-order valence-electron chi connectivity index (χ1n) is 9.42. The van der Waals surface area contributed by atoms with Crippen LogP contribution < -0.4 is 5.32 Å². The van der Waals surface area contributed by atoms with Crippen molar-refractivity contribution < 1.29 is 18.7 Å². The summed E-state index contributed by atoms with van der Waals surface area (Å²) >= 11 is 6.14. The number of rotatable bonds is 6. The normalized spacial score (nSPS) is 10.4. The van der Waals surface area contributed by atoms with Gasteiger partial charge in [0.05, 0.1) is 16.9 Å². The van der Waals surface area contributed by atoms with Gasteiger partial charge in [-0.2, -0.15) is 10.4 Å². The van der Waals surface area contributed by atoms with Gasteiger partial charge in [-0.25, -0.2) is 9.48 Å². The van der Waals surface area contributed by atoms with Gasteiger partial charge in [-0.15, -0.1) is 0 Å². The van der Waals surface area contributed by atoms with Crippen molar-refractivity contribution in [1.29, 1.82) is 5.26 Å². The standard InChI is InChI=1S/C23H15ClN4O4/c24-18-9-5-4-8-17(18)19-10-11-20(32-19)23(30)31-14-21(29)27-22-15(12-25)13-26-28(22)16-6-2-1-3-7-16/h1-11,13H,14H2,(H,27,29). The van der Waals surface area contributed by atoms with Gasteiger partial charge in [0.15, 0.2) is 12.4 Å². The zero-order valence-electron chi connectivity index (χ0n) is 16.5. The summed E-state index contributed by atoms with van der Waals surface area (Å²) in [5, 5.41) is 16.5. The monoisotopic (exact) mass is 446 g/mol. The number of para-hydroxylation sites is 1. The molecule has 9 heteroatoms. The van der Waals surface area contributed by atoms with E-state index in [9.17, 15) is 14.9 Å². The lowest BCUT2D eigenvalue weighted by molar-refractivity contribution is -0.119. The van der Waals surface area contributed by atoms with Crippen molar-refractivity contribution in [2.24, 2.45) is 0 Å². The summed E-state index contributed by atoms with van der Waals surface area (Å²) in [6, 6.07) is 21.0. The van der Waals surface area contributed by atoms with E-state index in [1.165, 1.54) is 16.9 Å². The van der Waals surface area contributed by atoms with Gasteiger partial charge in [-0.05, 0) is 36.4 Å². The van der Waals surface area contributed by atoms with Crippen molar-refractivity contribution in [3.63, 3.8) is 0 Å². The third kappa shape index (κ3) is 4.38. The average Bonchev–Trinajstić information content (AvgIpc) is 3.46. The van der Waals surface area contributed by atoms with Gasteiger partial charge >= 0.3 is 5.97 Å². The summed E-state index contributed by atoms with van der Waals surface area (Å²) in [6.07, 6.45) is 1.34. The van der Waals surface area contributed by atoms with Crippen LogP contribution in [0.5, 0.6) is 0 Å². The number of carbonyl (C=O) groups is 2. The molecular weight excluding hydrogens is 432 g/mol. The van der Waals surface area contributed by atoms with Crippen molar-refractivity contribution in [3.8, 4) is 23.1 Å². The number of hydrogen-bond donors (Lipinski definition) is 1. The molecule has 2 aromatic carbocycles. The number of carbonyl (C=O) groups excluding carboxylic acids is 2. The number of nitrogens with zero attached hydrogens (tertiary/aromatic N) is 3. The Kier molecular flexibility index (Phi) is 6.01. The summed E-state index contributed by atoms with van der Waals surface area (Å²) < 4.78 is 12.0. The van der Waals surface area contributed by atoms with Crippen molar-refractivity contribution in [1.82, 2.24) is 9.78 Å². The summed E-state index contributed by atoms with van der Waals surface area (Å²) in [5.74, 6) is -0.933. The molecule has 0 aliphatic rings. The second-order valence-corrected chi connectivity index (χ2v) is 6.94. The molecule has 0 unspecified atom stereocenters. The van der Waals surface area contributed by atoms with E-state index in [0.29, 0.717) is 22.0 Å². The van der Waals surface area contributed by atoms with Crippen LogP contribution in [0, 0.1) is 11.3 Å². The number of nitriles is 1. The minimum absolute atomic E-state index is 0.0697. The van der Waals surface area contributed by atoms with Crippen LogP contribution in [-0.2, 0) is 9.53 Å². The molecule has 0 atom stereocenters. The molecule has 0 aliphatic heterocycles. The first-order valence-corrected chi connectivity index (χ1v) is 9.80. The van der Waals surface area contributed by atoms with E-state index in [2.05, 4.69) is 10.4 Å². The van der Waals surface area contributed by atoms with Crippen molar-refractivity contribution in [2.75, 3.05) is 11.9 Å². The molecule has 1 amide bonds. The second-order valence-electron chi connectivity index (χ2n) is 6.53. The minimum Gasteiger partial charge on any atom is -0.450 e. The van der Waals surface area contributed by atoms with Crippen molar-refractivity contribution in [2.45, 2.75) is 0 Å². The van der Waals surface area contributed by atoms with E-state index < -0.39 is 18.5 Å². The highest BCUT2D eigenvalue weighted by molar-refractivity contribution is 6.33. The van der Waals surface area contributed by atoms with Gasteiger partial charge in [0.2, 0.25) is 5.76 Å². The van der Waals surface area contributed by atoms with E-state index in [-0.39, 0.29) is 17.1 Å².